The molecular formula is C27H30N4O3S. The number of nitrogens with zero attached hydrogens (tertiary/aromatic N) is 3. The molecule has 182 valence electrons. The van der Waals surface area contributed by atoms with Crippen molar-refractivity contribution in [3.8, 4) is 0 Å². The first kappa shape index (κ1) is 24.7. The highest BCUT2D eigenvalue weighted by atomic mass is 32.2. The summed E-state index contributed by atoms with van der Waals surface area (Å²) >= 11 is 1.47. The van der Waals surface area contributed by atoms with Gasteiger partial charge in [-0.05, 0) is 56.4 Å². The average molecular weight is 491 g/mol. The maximum Gasteiger partial charge on any atom is 0.338 e. The van der Waals surface area contributed by atoms with Crippen LogP contribution in [-0.2, 0) is 20.7 Å². The van der Waals surface area contributed by atoms with Crippen LogP contribution in [0.5, 0.6) is 0 Å². The average Bonchev–Trinajstić information content (AvgIpc) is 3.21. The molecule has 1 N–H and O–H groups in total. The lowest BCUT2D eigenvalue weighted by molar-refractivity contribution is -0.139. The van der Waals surface area contributed by atoms with E-state index in [2.05, 4.69) is 22.4 Å². The van der Waals surface area contributed by atoms with Crippen LogP contribution in [0.15, 0.2) is 70.0 Å². The Morgan fingerprint density at radius 2 is 2.00 bits per heavy atom. The van der Waals surface area contributed by atoms with E-state index in [1.807, 2.05) is 55.3 Å². The van der Waals surface area contributed by atoms with Crippen LogP contribution < -0.4 is 5.32 Å². The minimum atomic E-state index is -0.412. The molecule has 0 saturated heterocycles. The number of thioether (sulfide) groups is 1. The Morgan fingerprint density at radius 1 is 1.17 bits per heavy atom. The first-order valence-corrected chi connectivity index (χ1v) is 12.6. The second kappa shape index (κ2) is 10.9. The number of aliphatic imine (C=N–C) groups is 1. The molecule has 1 amide bonds. The molecular weight excluding hydrogens is 460 g/mol. The number of benzene rings is 1. The van der Waals surface area contributed by atoms with E-state index in [1.165, 1.54) is 11.8 Å². The fourth-order valence-corrected chi connectivity index (χ4v) is 5.33. The van der Waals surface area contributed by atoms with Gasteiger partial charge in [0.2, 0.25) is 5.91 Å². The van der Waals surface area contributed by atoms with Crippen LogP contribution in [0.4, 0.5) is 0 Å². The van der Waals surface area contributed by atoms with Crippen LogP contribution >= 0.6 is 11.8 Å². The fraction of sp³-hybridized carbons (Fsp3) is 0.333. The van der Waals surface area contributed by atoms with Gasteiger partial charge in [-0.1, -0.05) is 41.6 Å². The standard InChI is InChI=1S/C27H30N4O3S/c1-5-34-26(33)24-19(4)30-27-31(25(24)22-10-9-17(2)14-18(22)3)21(16-35-27)15-23(32)29-13-11-20-8-6-7-12-28-20/h6-10,12,14,16,25H,5,11,13,15H2,1-4H3,(H,29,32)/t25-/m0/s1. The monoisotopic (exact) mass is 490 g/mol. The number of hydrogen-bond acceptors (Lipinski definition) is 7. The van der Waals surface area contributed by atoms with Crippen molar-refractivity contribution in [2.45, 2.75) is 46.6 Å². The van der Waals surface area contributed by atoms with Crippen LogP contribution in [0.3, 0.4) is 0 Å². The topological polar surface area (TPSA) is 83.9 Å². The van der Waals surface area contributed by atoms with Gasteiger partial charge in [0, 0.05) is 30.6 Å². The molecule has 0 spiro atoms. The normalized spacial score (nSPS) is 17.0. The van der Waals surface area contributed by atoms with Gasteiger partial charge < -0.3 is 15.0 Å². The fourth-order valence-electron chi connectivity index (χ4n) is 4.37. The van der Waals surface area contributed by atoms with E-state index in [1.54, 1.807) is 13.1 Å². The molecule has 2 aromatic rings. The summed E-state index contributed by atoms with van der Waals surface area (Å²) in [5.74, 6) is -0.466. The Bertz CT molecular complexity index is 1220. The molecule has 0 unspecified atom stereocenters. The van der Waals surface area contributed by atoms with Crippen LogP contribution in [0.25, 0.3) is 0 Å². The molecule has 7 nitrogen and oxygen atoms in total. The quantitative estimate of drug-likeness (QED) is 0.545. The molecule has 0 bridgehead atoms. The molecule has 4 rings (SSSR count). The number of esters is 1. The van der Waals surface area contributed by atoms with Gasteiger partial charge in [-0.3, -0.25) is 9.78 Å². The van der Waals surface area contributed by atoms with E-state index < -0.39 is 6.04 Å². The molecule has 1 aromatic carbocycles. The van der Waals surface area contributed by atoms with Gasteiger partial charge in [0.25, 0.3) is 0 Å². The summed E-state index contributed by atoms with van der Waals surface area (Å²) < 4.78 is 5.42. The largest absolute Gasteiger partial charge is 0.463 e. The summed E-state index contributed by atoms with van der Waals surface area (Å²) in [6.45, 7) is 8.51. The predicted molar refractivity (Wildman–Crippen MR) is 139 cm³/mol. The van der Waals surface area contributed by atoms with Crippen molar-refractivity contribution in [2.24, 2.45) is 4.99 Å². The third-order valence-corrected chi connectivity index (χ3v) is 6.88. The molecule has 8 heteroatoms. The zero-order valence-corrected chi connectivity index (χ0v) is 21.3. The minimum Gasteiger partial charge on any atom is -0.463 e. The molecule has 35 heavy (non-hydrogen) atoms. The molecule has 0 aliphatic carbocycles. The molecule has 3 heterocycles. The maximum atomic E-state index is 13.1. The number of aryl methyl sites for hydroxylation is 2. The Morgan fingerprint density at radius 3 is 2.71 bits per heavy atom. The molecule has 1 atom stereocenters. The highest BCUT2D eigenvalue weighted by Crippen LogP contribution is 2.45. The zero-order valence-electron chi connectivity index (χ0n) is 20.5. The van der Waals surface area contributed by atoms with Gasteiger partial charge in [-0.25, -0.2) is 9.79 Å². The van der Waals surface area contributed by atoms with E-state index >= 15 is 0 Å². The molecule has 2 aliphatic heterocycles. The number of fused-ring (bicyclic) bond motifs is 1. The SMILES string of the molecule is CCOC(=O)C1=C(C)N=C2SC=C(CC(=O)NCCc3ccccn3)N2[C@H]1c1ccc(C)cc1C. The van der Waals surface area contributed by atoms with Crippen molar-refractivity contribution in [1.29, 1.82) is 0 Å². The van der Waals surface area contributed by atoms with Gasteiger partial charge in [-0.2, -0.15) is 0 Å². The summed E-state index contributed by atoms with van der Waals surface area (Å²) in [5.41, 5.74) is 6.10. The van der Waals surface area contributed by atoms with E-state index in [0.29, 0.717) is 24.2 Å². The lowest BCUT2D eigenvalue weighted by Gasteiger charge is -2.37. The van der Waals surface area contributed by atoms with Crippen molar-refractivity contribution >= 4 is 28.8 Å². The third-order valence-electron chi connectivity index (χ3n) is 5.99. The number of amidine groups is 1. The number of carbonyl (C=O) groups is 2. The van der Waals surface area contributed by atoms with Crippen LogP contribution in [0.1, 0.15) is 48.7 Å². The predicted octanol–water partition coefficient (Wildman–Crippen LogP) is 4.59. The number of amides is 1. The molecule has 0 radical (unpaired) electrons. The van der Waals surface area contributed by atoms with E-state index in [-0.39, 0.29) is 24.9 Å². The molecule has 1 aromatic heterocycles. The number of hydrogen-bond donors (Lipinski definition) is 1. The van der Waals surface area contributed by atoms with Crippen molar-refractivity contribution < 1.29 is 14.3 Å². The number of aromatic nitrogens is 1. The molecule has 0 fully saturated rings. The zero-order chi connectivity index (χ0) is 24.9. The highest BCUT2D eigenvalue weighted by molar-refractivity contribution is 8.16. The molecule has 0 saturated carbocycles. The minimum absolute atomic E-state index is 0.0858. The summed E-state index contributed by atoms with van der Waals surface area (Å²) in [6.07, 6.45) is 2.60. The van der Waals surface area contributed by atoms with E-state index in [4.69, 9.17) is 9.73 Å². The third kappa shape index (κ3) is 5.48. The van der Waals surface area contributed by atoms with Crippen molar-refractivity contribution in [3.63, 3.8) is 0 Å². The number of nitrogens with one attached hydrogen (secondary N) is 1. The Hall–Kier alpha value is -3.39. The first-order valence-electron chi connectivity index (χ1n) is 11.7. The van der Waals surface area contributed by atoms with Crippen molar-refractivity contribution in [1.82, 2.24) is 15.2 Å². The van der Waals surface area contributed by atoms with Crippen LogP contribution in [-0.4, -0.2) is 40.1 Å². The number of ether oxygens (including phenoxy) is 1. The number of allylic oxidation sites excluding steroid dienone is 1. The lowest BCUT2D eigenvalue weighted by Crippen LogP contribution is -2.38. The van der Waals surface area contributed by atoms with Gasteiger partial charge in [0.1, 0.15) is 0 Å². The van der Waals surface area contributed by atoms with Crippen molar-refractivity contribution in [2.75, 3.05) is 13.2 Å². The Labute approximate surface area is 210 Å². The lowest BCUT2D eigenvalue weighted by atomic mass is 9.90. The summed E-state index contributed by atoms with van der Waals surface area (Å²) in [6, 6.07) is 11.5. The second-order valence-corrected chi connectivity index (χ2v) is 9.41. The smallest absolute Gasteiger partial charge is 0.338 e. The van der Waals surface area contributed by atoms with Crippen molar-refractivity contribution in [3.05, 3.63) is 87.4 Å². The van der Waals surface area contributed by atoms with Crippen LogP contribution in [0.2, 0.25) is 0 Å². The molecule has 2 aliphatic rings. The van der Waals surface area contributed by atoms with E-state index in [9.17, 15) is 9.59 Å². The van der Waals surface area contributed by atoms with E-state index in [0.717, 1.165) is 33.2 Å². The number of pyridine rings is 1. The van der Waals surface area contributed by atoms with Gasteiger partial charge in [0.05, 0.1) is 30.3 Å². The Balaban J connectivity index is 1.58. The van der Waals surface area contributed by atoms with Gasteiger partial charge in [0.15, 0.2) is 5.17 Å². The number of rotatable bonds is 8. The first-order chi connectivity index (χ1) is 16.9. The van der Waals surface area contributed by atoms with Gasteiger partial charge in [-0.15, -0.1) is 0 Å². The number of carbonyl (C=O) groups excluding carboxylic acids is 2. The Kier molecular flexibility index (Phi) is 7.70. The second-order valence-electron chi connectivity index (χ2n) is 8.57. The van der Waals surface area contributed by atoms with Gasteiger partial charge >= 0.3 is 5.97 Å². The maximum absolute atomic E-state index is 13.1. The van der Waals surface area contributed by atoms with Crippen LogP contribution in [0, 0.1) is 13.8 Å². The summed E-state index contributed by atoms with van der Waals surface area (Å²) in [4.78, 5) is 36.9. The summed E-state index contributed by atoms with van der Waals surface area (Å²) in [7, 11) is 0. The highest BCUT2D eigenvalue weighted by Gasteiger charge is 2.41. The summed E-state index contributed by atoms with van der Waals surface area (Å²) in [5, 5.41) is 5.71.